The van der Waals surface area contributed by atoms with Crippen molar-refractivity contribution in [2.24, 2.45) is 10.2 Å². The normalized spacial score (nSPS) is 14.2. The zero-order valence-electron chi connectivity index (χ0n) is 17.0. The van der Waals surface area contributed by atoms with Gasteiger partial charge in [-0.15, -0.1) is 5.11 Å². The number of hydrogen-bond donors (Lipinski definition) is 0. The van der Waals surface area contributed by atoms with Crippen molar-refractivity contribution in [3.63, 3.8) is 0 Å². The first-order chi connectivity index (χ1) is 15.3. The van der Waals surface area contributed by atoms with Crippen molar-refractivity contribution in [1.29, 1.82) is 0 Å². The Labute approximate surface area is 185 Å². The smallest absolute Gasteiger partial charge is 0.320 e. The molecular weight excluding hydrogens is 416 g/mol. The fourth-order valence-corrected chi connectivity index (χ4v) is 3.30. The Hall–Kier alpha value is -3.10. The monoisotopic (exact) mass is 438 g/mol. The predicted molar refractivity (Wildman–Crippen MR) is 118 cm³/mol. The minimum atomic E-state index is 0.275. The van der Waals surface area contributed by atoms with Gasteiger partial charge in [-0.3, -0.25) is 4.98 Å². The van der Waals surface area contributed by atoms with Crippen LogP contribution in [0.25, 0.3) is 0 Å². The molecule has 9 heteroatoms. The van der Waals surface area contributed by atoms with Crippen LogP contribution in [-0.2, 0) is 17.7 Å². The number of pyridine rings is 1. The van der Waals surface area contributed by atoms with Crippen molar-refractivity contribution in [1.82, 2.24) is 15.0 Å². The summed E-state index contributed by atoms with van der Waals surface area (Å²) in [7, 11) is 0. The maximum atomic E-state index is 6.03. The van der Waals surface area contributed by atoms with Gasteiger partial charge in [0, 0.05) is 42.5 Å². The van der Waals surface area contributed by atoms with Crippen LogP contribution < -0.4 is 9.64 Å². The third-order valence-corrected chi connectivity index (χ3v) is 4.88. The second-order valence-electron chi connectivity index (χ2n) is 6.92. The van der Waals surface area contributed by atoms with Gasteiger partial charge in [0.05, 0.1) is 26.4 Å². The van der Waals surface area contributed by atoms with Crippen LogP contribution in [0, 0.1) is 0 Å². The van der Waals surface area contributed by atoms with Gasteiger partial charge in [-0.25, -0.2) is 0 Å². The molecule has 3 heterocycles. The molecule has 0 atom stereocenters. The van der Waals surface area contributed by atoms with Crippen LogP contribution in [0.2, 0.25) is 5.02 Å². The highest BCUT2D eigenvalue weighted by Gasteiger charge is 2.15. The average Bonchev–Trinajstić information content (AvgIpc) is 2.80. The second-order valence-corrected chi connectivity index (χ2v) is 7.35. The number of rotatable bonds is 8. The fourth-order valence-electron chi connectivity index (χ4n) is 3.09. The molecule has 0 amide bonds. The van der Waals surface area contributed by atoms with E-state index in [1.54, 1.807) is 6.20 Å². The van der Waals surface area contributed by atoms with Crippen LogP contribution in [0.5, 0.6) is 6.01 Å². The van der Waals surface area contributed by atoms with E-state index in [0.717, 1.165) is 30.2 Å². The first-order valence-corrected chi connectivity index (χ1v) is 10.5. The summed E-state index contributed by atoms with van der Waals surface area (Å²) in [4.78, 5) is 15.4. The van der Waals surface area contributed by atoms with Crippen LogP contribution in [0.15, 0.2) is 65.0 Å². The van der Waals surface area contributed by atoms with Crippen molar-refractivity contribution < 1.29 is 9.47 Å². The van der Waals surface area contributed by atoms with E-state index in [9.17, 15) is 0 Å². The Morgan fingerprint density at radius 1 is 1.06 bits per heavy atom. The van der Waals surface area contributed by atoms with Crippen LogP contribution in [0.1, 0.15) is 11.3 Å². The molecule has 3 aromatic rings. The molecule has 1 fully saturated rings. The highest BCUT2D eigenvalue weighted by molar-refractivity contribution is 6.30. The SMILES string of the molecule is Clc1cccc(CN=Nc2cc(N3CCOCC3)nc(OCCc3ccccn3)n2)c1. The molecule has 2 aromatic heterocycles. The molecule has 0 unspecified atom stereocenters. The molecule has 0 spiro atoms. The lowest BCUT2D eigenvalue weighted by Gasteiger charge is -2.27. The first-order valence-electron chi connectivity index (χ1n) is 10.1. The van der Waals surface area contributed by atoms with Crippen LogP contribution >= 0.6 is 11.6 Å². The van der Waals surface area contributed by atoms with E-state index < -0.39 is 0 Å². The molecule has 31 heavy (non-hydrogen) atoms. The third-order valence-electron chi connectivity index (χ3n) is 4.64. The molecule has 0 aliphatic carbocycles. The summed E-state index contributed by atoms with van der Waals surface area (Å²) in [6, 6.07) is 15.4. The molecule has 160 valence electrons. The number of azo groups is 1. The lowest BCUT2D eigenvalue weighted by molar-refractivity contribution is 0.122. The van der Waals surface area contributed by atoms with Gasteiger partial charge < -0.3 is 14.4 Å². The van der Waals surface area contributed by atoms with Gasteiger partial charge in [0.2, 0.25) is 0 Å². The van der Waals surface area contributed by atoms with E-state index in [0.29, 0.717) is 43.6 Å². The summed E-state index contributed by atoms with van der Waals surface area (Å²) in [5.41, 5.74) is 1.93. The molecule has 4 rings (SSSR count). The Morgan fingerprint density at radius 2 is 1.97 bits per heavy atom. The molecule has 1 saturated heterocycles. The molecule has 8 nitrogen and oxygen atoms in total. The Morgan fingerprint density at radius 3 is 2.77 bits per heavy atom. The van der Waals surface area contributed by atoms with Gasteiger partial charge in [-0.1, -0.05) is 29.8 Å². The summed E-state index contributed by atoms with van der Waals surface area (Å²) in [6.45, 7) is 3.65. The average molecular weight is 439 g/mol. The van der Waals surface area contributed by atoms with Gasteiger partial charge in [0.15, 0.2) is 5.82 Å². The second kappa shape index (κ2) is 10.8. The number of hydrogen-bond acceptors (Lipinski definition) is 8. The van der Waals surface area contributed by atoms with E-state index in [1.807, 2.05) is 48.5 Å². The summed E-state index contributed by atoms with van der Waals surface area (Å²) in [5, 5.41) is 9.24. The first kappa shape index (κ1) is 21.1. The van der Waals surface area contributed by atoms with Crippen LogP contribution in [-0.4, -0.2) is 47.9 Å². The quantitative estimate of drug-likeness (QED) is 0.488. The Balaban J connectivity index is 1.47. The summed E-state index contributed by atoms with van der Waals surface area (Å²) in [5.74, 6) is 1.20. The van der Waals surface area contributed by atoms with Crippen molar-refractivity contribution in [3.05, 3.63) is 71.0 Å². The molecule has 0 N–H and O–H groups in total. The van der Waals surface area contributed by atoms with Gasteiger partial charge in [-0.05, 0) is 29.8 Å². The molecule has 1 aromatic carbocycles. The van der Waals surface area contributed by atoms with Gasteiger partial charge in [-0.2, -0.15) is 15.1 Å². The zero-order valence-corrected chi connectivity index (χ0v) is 17.8. The van der Waals surface area contributed by atoms with E-state index in [2.05, 4.69) is 30.1 Å². The maximum absolute atomic E-state index is 6.03. The zero-order chi connectivity index (χ0) is 21.3. The van der Waals surface area contributed by atoms with Gasteiger partial charge in [0.1, 0.15) is 5.82 Å². The highest BCUT2D eigenvalue weighted by Crippen LogP contribution is 2.23. The number of morpholine rings is 1. The third kappa shape index (κ3) is 6.44. The van der Waals surface area contributed by atoms with Gasteiger partial charge >= 0.3 is 6.01 Å². The standard InChI is InChI=1S/C22H23ClN6O2/c23-18-5-3-4-17(14-18)16-25-28-20-15-21(29-9-12-30-13-10-29)27-22(26-20)31-11-7-19-6-1-2-8-24-19/h1-6,8,14-15H,7,9-13,16H2. The lowest BCUT2D eigenvalue weighted by Crippen LogP contribution is -2.36. The topological polar surface area (TPSA) is 85.1 Å². The van der Waals surface area contributed by atoms with Crippen LogP contribution in [0.4, 0.5) is 11.6 Å². The van der Waals surface area contributed by atoms with E-state index >= 15 is 0 Å². The van der Waals surface area contributed by atoms with Crippen molar-refractivity contribution >= 4 is 23.2 Å². The van der Waals surface area contributed by atoms with E-state index in [1.165, 1.54) is 0 Å². The van der Waals surface area contributed by atoms with Crippen molar-refractivity contribution in [2.75, 3.05) is 37.8 Å². The number of anilines is 1. The molecule has 0 bridgehead atoms. The molecule has 1 aliphatic heterocycles. The molecule has 1 aliphatic rings. The number of halogens is 1. The molecule has 0 saturated carbocycles. The minimum absolute atomic E-state index is 0.275. The minimum Gasteiger partial charge on any atom is -0.463 e. The Bertz CT molecular complexity index is 1010. The van der Waals surface area contributed by atoms with Crippen LogP contribution in [0.3, 0.4) is 0 Å². The number of aromatic nitrogens is 3. The predicted octanol–water partition coefficient (Wildman–Crippen LogP) is 4.27. The summed E-state index contributed by atoms with van der Waals surface area (Å²) >= 11 is 6.03. The molecular formula is C22H23ClN6O2. The number of benzene rings is 1. The summed E-state index contributed by atoms with van der Waals surface area (Å²) in [6.07, 6.45) is 2.43. The largest absolute Gasteiger partial charge is 0.463 e. The van der Waals surface area contributed by atoms with Crippen molar-refractivity contribution in [3.8, 4) is 6.01 Å². The maximum Gasteiger partial charge on any atom is 0.320 e. The fraction of sp³-hybridized carbons (Fsp3) is 0.318. The highest BCUT2D eigenvalue weighted by atomic mass is 35.5. The molecule has 0 radical (unpaired) electrons. The lowest BCUT2D eigenvalue weighted by atomic mass is 10.2. The van der Waals surface area contributed by atoms with Crippen molar-refractivity contribution in [2.45, 2.75) is 13.0 Å². The number of ether oxygens (including phenoxy) is 2. The van der Waals surface area contributed by atoms with E-state index in [4.69, 9.17) is 21.1 Å². The van der Waals surface area contributed by atoms with E-state index in [-0.39, 0.29) is 6.01 Å². The number of nitrogens with zero attached hydrogens (tertiary/aromatic N) is 6. The summed E-state index contributed by atoms with van der Waals surface area (Å²) < 4.78 is 11.3. The van der Waals surface area contributed by atoms with Gasteiger partial charge in [0.25, 0.3) is 0 Å². The Kier molecular flexibility index (Phi) is 7.36.